The zero-order chi connectivity index (χ0) is 14.6. The van der Waals surface area contributed by atoms with Gasteiger partial charge in [-0.15, -0.1) is 0 Å². The largest absolute Gasteiger partial charge is 0.462 e. The summed E-state index contributed by atoms with van der Waals surface area (Å²) in [5, 5.41) is 0. The maximum absolute atomic E-state index is 12.0. The van der Waals surface area contributed by atoms with Gasteiger partial charge < -0.3 is 14.0 Å². The Morgan fingerprint density at radius 1 is 1.16 bits per heavy atom. The summed E-state index contributed by atoms with van der Waals surface area (Å²) >= 11 is 0. The van der Waals surface area contributed by atoms with Gasteiger partial charge in [-0.2, -0.15) is 0 Å². The van der Waals surface area contributed by atoms with Crippen molar-refractivity contribution >= 4 is 13.1 Å². The van der Waals surface area contributed by atoms with Gasteiger partial charge in [0.15, 0.2) is 0 Å². The second-order valence-corrected chi connectivity index (χ2v) is 7.66. The van der Waals surface area contributed by atoms with Crippen LogP contribution in [0.5, 0.6) is 0 Å². The van der Waals surface area contributed by atoms with Gasteiger partial charge in [0.25, 0.3) is 0 Å². The van der Waals surface area contributed by atoms with E-state index in [-0.39, 0.29) is 36.0 Å². The minimum Gasteiger partial charge on any atom is -0.460 e. The highest BCUT2D eigenvalue weighted by atomic mass is 16.7. The lowest BCUT2D eigenvalue weighted by molar-refractivity contribution is -0.156. The third-order valence-corrected chi connectivity index (χ3v) is 4.17. The van der Waals surface area contributed by atoms with Gasteiger partial charge >= 0.3 is 13.1 Å². The maximum Gasteiger partial charge on any atom is 0.462 e. The number of rotatable bonds is 2. The molecule has 0 aromatic rings. The van der Waals surface area contributed by atoms with E-state index in [1.807, 2.05) is 48.5 Å². The summed E-state index contributed by atoms with van der Waals surface area (Å²) in [4.78, 5) is 12.0. The van der Waals surface area contributed by atoms with E-state index in [2.05, 4.69) is 0 Å². The van der Waals surface area contributed by atoms with Crippen molar-refractivity contribution in [3.63, 3.8) is 0 Å². The zero-order valence-electron chi connectivity index (χ0n) is 13.1. The first kappa shape index (κ1) is 14.9. The molecule has 2 fully saturated rings. The van der Waals surface area contributed by atoms with Crippen molar-refractivity contribution < 1.29 is 18.8 Å². The third-order valence-electron chi connectivity index (χ3n) is 4.17. The molecule has 0 N–H and O–H groups in total. The van der Waals surface area contributed by atoms with Gasteiger partial charge in [-0.1, -0.05) is 0 Å². The average Bonchev–Trinajstić information content (AvgIpc) is 2.87. The molecule has 5 heteroatoms. The van der Waals surface area contributed by atoms with Crippen molar-refractivity contribution in [3.8, 4) is 0 Å². The molecule has 0 bridgehead atoms. The second-order valence-electron chi connectivity index (χ2n) is 7.66. The Morgan fingerprint density at radius 2 is 1.63 bits per heavy atom. The Balaban J connectivity index is 1.93. The Morgan fingerprint density at radius 3 is 2.05 bits per heavy atom. The molecule has 2 rings (SSSR count). The van der Waals surface area contributed by atoms with E-state index in [9.17, 15) is 4.79 Å². The van der Waals surface area contributed by atoms with Crippen LogP contribution in [0.2, 0.25) is 5.82 Å². The monoisotopic (exact) mass is 268 g/mol. The molecular formula is C14H25BO4. The molecule has 1 aliphatic heterocycles. The molecule has 2 aliphatic rings. The summed E-state index contributed by atoms with van der Waals surface area (Å²) in [7, 11) is -0.289. The van der Waals surface area contributed by atoms with E-state index in [0.29, 0.717) is 0 Å². The predicted molar refractivity (Wildman–Crippen MR) is 73.8 cm³/mol. The molecule has 4 nitrogen and oxygen atoms in total. The predicted octanol–water partition coefficient (Wildman–Crippen LogP) is 2.81. The molecule has 0 radical (unpaired) electrons. The van der Waals surface area contributed by atoms with Crippen molar-refractivity contribution in [1.29, 1.82) is 0 Å². The SMILES string of the molecule is CC(C)(C)OC(=O)[C@@H]1C[C@H]1B1OC(C)(C)C(C)(C)O1. The highest BCUT2D eigenvalue weighted by Gasteiger charge is 2.62. The first-order valence-corrected chi connectivity index (χ1v) is 7.01. The number of esters is 1. The normalized spacial score (nSPS) is 32.3. The Kier molecular flexibility index (Phi) is 3.30. The van der Waals surface area contributed by atoms with Crippen LogP contribution in [0.1, 0.15) is 54.9 Å². The molecule has 0 unspecified atom stereocenters. The van der Waals surface area contributed by atoms with E-state index in [0.717, 1.165) is 6.42 Å². The van der Waals surface area contributed by atoms with Crippen molar-refractivity contribution in [1.82, 2.24) is 0 Å². The molecule has 0 aromatic carbocycles. The van der Waals surface area contributed by atoms with Crippen LogP contribution in [-0.2, 0) is 18.8 Å². The molecule has 1 saturated heterocycles. The van der Waals surface area contributed by atoms with E-state index >= 15 is 0 Å². The summed E-state index contributed by atoms with van der Waals surface area (Å²) < 4.78 is 17.3. The molecular weight excluding hydrogens is 243 g/mol. The molecule has 19 heavy (non-hydrogen) atoms. The Hall–Kier alpha value is -0.545. The van der Waals surface area contributed by atoms with Gasteiger partial charge in [-0.05, 0) is 54.9 Å². The van der Waals surface area contributed by atoms with Crippen molar-refractivity contribution in [3.05, 3.63) is 0 Å². The molecule has 108 valence electrons. The van der Waals surface area contributed by atoms with Crippen LogP contribution in [0.25, 0.3) is 0 Å². The van der Waals surface area contributed by atoms with Gasteiger partial charge in [0.05, 0.1) is 17.1 Å². The van der Waals surface area contributed by atoms with E-state index in [4.69, 9.17) is 14.0 Å². The van der Waals surface area contributed by atoms with Crippen molar-refractivity contribution in [2.45, 2.75) is 77.5 Å². The van der Waals surface area contributed by atoms with Crippen LogP contribution in [-0.4, -0.2) is 29.9 Å². The van der Waals surface area contributed by atoms with Gasteiger partial charge in [-0.25, -0.2) is 0 Å². The second kappa shape index (κ2) is 4.22. The van der Waals surface area contributed by atoms with Crippen LogP contribution >= 0.6 is 0 Å². The summed E-state index contributed by atoms with van der Waals surface area (Å²) in [5.41, 5.74) is -1.10. The van der Waals surface area contributed by atoms with E-state index in [1.54, 1.807) is 0 Å². The fourth-order valence-corrected chi connectivity index (χ4v) is 2.23. The van der Waals surface area contributed by atoms with Crippen LogP contribution in [0.4, 0.5) is 0 Å². The fraction of sp³-hybridized carbons (Fsp3) is 0.929. The first-order chi connectivity index (χ1) is 8.43. The van der Waals surface area contributed by atoms with Crippen LogP contribution in [0.3, 0.4) is 0 Å². The van der Waals surface area contributed by atoms with Crippen LogP contribution in [0, 0.1) is 5.92 Å². The number of hydrogen-bond acceptors (Lipinski definition) is 4. The van der Waals surface area contributed by atoms with Gasteiger partial charge in [0, 0.05) is 5.82 Å². The first-order valence-electron chi connectivity index (χ1n) is 7.01. The van der Waals surface area contributed by atoms with Crippen LogP contribution in [0.15, 0.2) is 0 Å². The lowest BCUT2D eigenvalue weighted by atomic mass is 9.80. The van der Waals surface area contributed by atoms with E-state index < -0.39 is 5.60 Å². The highest BCUT2D eigenvalue weighted by Crippen LogP contribution is 2.53. The zero-order valence-corrected chi connectivity index (χ0v) is 13.1. The number of carbonyl (C=O) groups is 1. The maximum atomic E-state index is 12.0. The minimum atomic E-state index is -0.430. The lowest BCUT2D eigenvalue weighted by Crippen LogP contribution is -2.41. The van der Waals surface area contributed by atoms with Gasteiger partial charge in [0.1, 0.15) is 5.60 Å². The molecule has 1 aliphatic carbocycles. The molecule has 2 atom stereocenters. The van der Waals surface area contributed by atoms with Crippen molar-refractivity contribution in [2.75, 3.05) is 0 Å². The highest BCUT2D eigenvalue weighted by molar-refractivity contribution is 6.49. The number of hydrogen-bond donors (Lipinski definition) is 0. The van der Waals surface area contributed by atoms with Crippen molar-refractivity contribution in [2.24, 2.45) is 5.92 Å². The molecule has 0 amide bonds. The topological polar surface area (TPSA) is 44.8 Å². The average molecular weight is 268 g/mol. The van der Waals surface area contributed by atoms with Crippen LogP contribution < -0.4 is 0 Å². The molecule has 0 aromatic heterocycles. The minimum absolute atomic E-state index is 0.0751. The lowest BCUT2D eigenvalue weighted by Gasteiger charge is -2.32. The smallest absolute Gasteiger partial charge is 0.460 e. The summed E-state index contributed by atoms with van der Waals surface area (Å²) in [6, 6.07) is 0. The number of carbonyl (C=O) groups excluding carboxylic acids is 1. The summed E-state index contributed by atoms with van der Waals surface area (Å²) in [6.07, 6.45) is 0.797. The molecule has 1 heterocycles. The van der Waals surface area contributed by atoms with E-state index in [1.165, 1.54) is 0 Å². The summed E-state index contributed by atoms with van der Waals surface area (Å²) in [6.45, 7) is 13.8. The number of ether oxygens (including phenoxy) is 1. The molecule has 0 spiro atoms. The standard InChI is InChI=1S/C14H25BO4/c1-12(2,3)17-11(16)9-8-10(9)15-18-13(4,5)14(6,7)19-15/h9-10H,8H2,1-7H3/t9-,10-/m1/s1. The third kappa shape index (κ3) is 2.97. The molecule has 1 saturated carbocycles. The van der Waals surface area contributed by atoms with Gasteiger partial charge in [0.2, 0.25) is 0 Å². The fourth-order valence-electron chi connectivity index (χ4n) is 2.23. The Bertz CT molecular complexity index is 367. The quantitative estimate of drug-likeness (QED) is 0.570. The summed E-state index contributed by atoms with van der Waals surface area (Å²) in [5.74, 6) is -0.0722. The van der Waals surface area contributed by atoms with Gasteiger partial charge in [-0.3, -0.25) is 4.79 Å². The Labute approximate surface area is 116 Å².